The Bertz CT molecular complexity index is 1360. The number of aryl methyl sites for hydroxylation is 2. The maximum atomic E-state index is 5.52. The van der Waals surface area contributed by atoms with E-state index in [4.69, 9.17) is 4.98 Å². The second kappa shape index (κ2) is 12.2. The first-order valence-electron chi connectivity index (χ1n) is 14.8. The molecule has 3 aromatic carbocycles. The van der Waals surface area contributed by atoms with Gasteiger partial charge < -0.3 is 9.47 Å². The van der Waals surface area contributed by atoms with Crippen molar-refractivity contribution in [3.05, 3.63) is 95.2 Å². The fourth-order valence-corrected chi connectivity index (χ4v) is 6.30. The minimum absolute atomic E-state index is 0.443. The number of piperidine rings is 1. The molecule has 1 unspecified atom stereocenters. The predicted octanol–water partition coefficient (Wildman–Crippen LogP) is 8.16. The summed E-state index contributed by atoms with van der Waals surface area (Å²) in [6.07, 6.45) is 5.75. The van der Waals surface area contributed by atoms with Crippen LogP contribution in [0.4, 0.5) is 5.69 Å². The quantitative estimate of drug-likeness (QED) is 0.222. The molecule has 0 amide bonds. The number of likely N-dealkylation sites (tertiary alicyclic amines) is 1. The Morgan fingerprint density at radius 2 is 1.56 bits per heavy atom. The summed E-state index contributed by atoms with van der Waals surface area (Å²) in [5, 5.41) is 0. The van der Waals surface area contributed by atoms with Gasteiger partial charge in [0.15, 0.2) is 0 Å². The summed E-state index contributed by atoms with van der Waals surface area (Å²) in [5.41, 5.74) is 10.4. The lowest BCUT2D eigenvalue weighted by atomic mass is 9.95. The zero-order valence-electron chi connectivity index (χ0n) is 24.5. The molecule has 1 atom stereocenters. The second-order valence-electron chi connectivity index (χ2n) is 11.0. The molecule has 1 fully saturated rings. The number of aromatic nitrogens is 2. The van der Waals surface area contributed by atoms with Gasteiger partial charge in [0.2, 0.25) is 0 Å². The molecule has 39 heavy (non-hydrogen) atoms. The molecule has 4 nitrogen and oxygen atoms in total. The van der Waals surface area contributed by atoms with E-state index in [2.05, 4.69) is 122 Å². The Labute approximate surface area is 235 Å². The van der Waals surface area contributed by atoms with Gasteiger partial charge >= 0.3 is 0 Å². The van der Waals surface area contributed by atoms with Gasteiger partial charge in [0, 0.05) is 50.0 Å². The monoisotopic (exact) mass is 520 g/mol. The number of rotatable bonds is 9. The molecule has 1 aliphatic rings. The van der Waals surface area contributed by atoms with E-state index in [1.807, 2.05) is 0 Å². The lowest BCUT2D eigenvalue weighted by Gasteiger charge is -2.36. The first-order valence-corrected chi connectivity index (χ1v) is 14.8. The number of anilines is 1. The first kappa shape index (κ1) is 27.2. The topological polar surface area (TPSA) is 24.3 Å². The van der Waals surface area contributed by atoms with E-state index in [0.29, 0.717) is 6.04 Å². The van der Waals surface area contributed by atoms with Gasteiger partial charge in [-0.05, 0) is 68.0 Å². The van der Waals surface area contributed by atoms with Crippen LogP contribution in [0.1, 0.15) is 68.5 Å². The molecule has 0 aliphatic carbocycles. The van der Waals surface area contributed by atoms with Crippen LogP contribution in [0.15, 0.2) is 72.8 Å². The van der Waals surface area contributed by atoms with Gasteiger partial charge in [-0.3, -0.25) is 4.90 Å². The zero-order valence-corrected chi connectivity index (χ0v) is 24.5. The van der Waals surface area contributed by atoms with E-state index in [-0.39, 0.29) is 0 Å². The molecule has 0 spiro atoms. The van der Waals surface area contributed by atoms with Crippen LogP contribution in [0.25, 0.3) is 22.6 Å². The largest absolute Gasteiger partial charge is 0.378 e. The molecule has 2 heterocycles. The standard InChI is InChI=1S/C35H44N4/c1-6-26-18-14-19-27(7-2)33(26)35-36-34(29-20-15-21-30(24-29)37(4)5)32(39(35)8-3)25-38-23-13-12-22-31(38)28-16-10-9-11-17-28/h9-11,14-21,24,31H,6-8,12-13,22-23,25H2,1-5H3. The van der Waals surface area contributed by atoms with Crippen LogP contribution in [0.5, 0.6) is 0 Å². The van der Waals surface area contributed by atoms with Crippen molar-refractivity contribution in [1.29, 1.82) is 0 Å². The summed E-state index contributed by atoms with van der Waals surface area (Å²) in [5.74, 6) is 1.13. The Morgan fingerprint density at radius 1 is 0.846 bits per heavy atom. The molecule has 204 valence electrons. The van der Waals surface area contributed by atoms with Crippen LogP contribution < -0.4 is 4.90 Å². The fourth-order valence-electron chi connectivity index (χ4n) is 6.30. The molecule has 4 aromatic rings. The zero-order chi connectivity index (χ0) is 27.4. The number of imidazole rings is 1. The lowest BCUT2D eigenvalue weighted by Crippen LogP contribution is -2.33. The molecule has 0 N–H and O–H groups in total. The van der Waals surface area contributed by atoms with Crippen LogP contribution >= 0.6 is 0 Å². The van der Waals surface area contributed by atoms with Crippen molar-refractivity contribution in [2.24, 2.45) is 0 Å². The lowest BCUT2D eigenvalue weighted by molar-refractivity contribution is 0.137. The number of hydrogen-bond acceptors (Lipinski definition) is 3. The van der Waals surface area contributed by atoms with Crippen LogP contribution in [0.2, 0.25) is 0 Å². The molecule has 5 rings (SSSR count). The van der Waals surface area contributed by atoms with Gasteiger partial charge in [-0.2, -0.15) is 0 Å². The van der Waals surface area contributed by atoms with E-state index in [9.17, 15) is 0 Å². The molecule has 0 bridgehead atoms. The number of nitrogens with zero attached hydrogens (tertiary/aromatic N) is 4. The predicted molar refractivity (Wildman–Crippen MR) is 165 cm³/mol. The average Bonchev–Trinajstić information content (AvgIpc) is 3.35. The van der Waals surface area contributed by atoms with E-state index in [1.165, 1.54) is 58.5 Å². The van der Waals surface area contributed by atoms with Crippen LogP contribution in [0, 0.1) is 0 Å². The van der Waals surface area contributed by atoms with Crippen LogP contribution in [0.3, 0.4) is 0 Å². The van der Waals surface area contributed by atoms with Gasteiger partial charge in [-0.1, -0.05) is 80.9 Å². The highest BCUT2D eigenvalue weighted by Crippen LogP contribution is 2.38. The first-order chi connectivity index (χ1) is 19.0. The summed E-state index contributed by atoms with van der Waals surface area (Å²) in [6.45, 7) is 9.72. The SMILES string of the molecule is CCc1cccc(CC)c1-c1nc(-c2cccc(N(C)C)c2)c(CN2CCCCC2c2ccccc2)n1CC. The van der Waals surface area contributed by atoms with Gasteiger partial charge in [0.05, 0.1) is 11.4 Å². The van der Waals surface area contributed by atoms with Crippen molar-refractivity contribution < 1.29 is 0 Å². The molecule has 4 heteroatoms. The summed E-state index contributed by atoms with van der Waals surface area (Å²) in [6, 6.07) is 27.2. The highest BCUT2D eigenvalue weighted by atomic mass is 15.2. The molecule has 1 saturated heterocycles. The van der Waals surface area contributed by atoms with Gasteiger partial charge in [-0.15, -0.1) is 0 Å². The Morgan fingerprint density at radius 3 is 2.23 bits per heavy atom. The highest BCUT2D eigenvalue weighted by Gasteiger charge is 2.28. The second-order valence-corrected chi connectivity index (χ2v) is 11.0. The Balaban J connectivity index is 1.69. The Hall–Kier alpha value is -3.37. The van der Waals surface area contributed by atoms with Crippen LogP contribution in [-0.2, 0) is 25.9 Å². The highest BCUT2D eigenvalue weighted by molar-refractivity contribution is 5.74. The summed E-state index contributed by atoms with van der Waals surface area (Å²) >= 11 is 0. The molecule has 0 radical (unpaired) electrons. The van der Waals surface area contributed by atoms with Gasteiger partial charge in [0.1, 0.15) is 5.82 Å². The summed E-state index contributed by atoms with van der Waals surface area (Å²) < 4.78 is 2.52. The minimum atomic E-state index is 0.443. The maximum Gasteiger partial charge on any atom is 0.141 e. The van der Waals surface area contributed by atoms with E-state index in [0.717, 1.165) is 44.0 Å². The van der Waals surface area contributed by atoms with E-state index in [1.54, 1.807) is 0 Å². The third-order valence-corrected chi connectivity index (χ3v) is 8.40. The third-order valence-electron chi connectivity index (χ3n) is 8.40. The molecular weight excluding hydrogens is 476 g/mol. The molecule has 1 aromatic heterocycles. The van der Waals surface area contributed by atoms with Crippen molar-refractivity contribution in [2.75, 3.05) is 25.5 Å². The number of benzene rings is 3. The van der Waals surface area contributed by atoms with Crippen molar-refractivity contribution >= 4 is 5.69 Å². The normalized spacial score (nSPS) is 16.0. The maximum absolute atomic E-state index is 5.52. The van der Waals surface area contributed by atoms with Crippen LogP contribution in [-0.4, -0.2) is 35.1 Å². The van der Waals surface area contributed by atoms with Gasteiger partial charge in [0.25, 0.3) is 0 Å². The Kier molecular flexibility index (Phi) is 8.52. The van der Waals surface area contributed by atoms with E-state index >= 15 is 0 Å². The van der Waals surface area contributed by atoms with Crippen molar-refractivity contribution in [3.63, 3.8) is 0 Å². The van der Waals surface area contributed by atoms with Crippen molar-refractivity contribution in [3.8, 4) is 22.6 Å². The molecule has 0 saturated carbocycles. The smallest absolute Gasteiger partial charge is 0.141 e. The average molecular weight is 521 g/mol. The van der Waals surface area contributed by atoms with E-state index < -0.39 is 0 Å². The van der Waals surface area contributed by atoms with Crippen molar-refractivity contribution in [2.45, 2.75) is 72.0 Å². The molecule has 1 aliphatic heterocycles. The minimum Gasteiger partial charge on any atom is -0.378 e. The summed E-state index contributed by atoms with van der Waals surface area (Å²) in [4.78, 5) is 10.4. The van der Waals surface area contributed by atoms with Gasteiger partial charge in [-0.25, -0.2) is 4.98 Å². The fraction of sp³-hybridized carbons (Fsp3) is 0.400. The number of hydrogen-bond donors (Lipinski definition) is 0. The molecular formula is C35H44N4. The summed E-state index contributed by atoms with van der Waals surface area (Å²) in [7, 11) is 4.22. The van der Waals surface area contributed by atoms with Crippen molar-refractivity contribution in [1.82, 2.24) is 14.5 Å². The third kappa shape index (κ3) is 5.53.